The number of hydrogen-bond donors (Lipinski definition) is 2. The van der Waals surface area contributed by atoms with Gasteiger partial charge in [0.1, 0.15) is 0 Å². The standard InChI is InChI=1S/C14H18ClN3O/c1-8-12-6-17-5-9(12)7-18(8)10-2-3-11(14(16)19)13(15)4-10/h2-4,8-9,12,17H,5-7H2,1H3,(H2,16,19). The molecular weight excluding hydrogens is 262 g/mol. The second-order valence-corrected chi connectivity index (χ2v) is 5.91. The van der Waals surface area contributed by atoms with E-state index in [1.807, 2.05) is 12.1 Å². The molecule has 1 aromatic rings. The molecule has 2 aliphatic heterocycles. The summed E-state index contributed by atoms with van der Waals surface area (Å²) in [7, 11) is 0. The van der Waals surface area contributed by atoms with Crippen molar-refractivity contribution in [3.63, 3.8) is 0 Å². The van der Waals surface area contributed by atoms with Crippen LogP contribution in [-0.2, 0) is 0 Å². The molecule has 102 valence electrons. The van der Waals surface area contributed by atoms with E-state index in [2.05, 4.69) is 17.1 Å². The van der Waals surface area contributed by atoms with Crippen LogP contribution in [0.3, 0.4) is 0 Å². The van der Waals surface area contributed by atoms with Crippen LogP contribution >= 0.6 is 11.6 Å². The van der Waals surface area contributed by atoms with Gasteiger partial charge in [-0.3, -0.25) is 4.79 Å². The first kappa shape index (κ1) is 12.8. The SMILES string of the molecule is CC1C2CNCC2CN1c1ccc(C(N)=O)c(Cl)c1. The molecular formula is C14H18ClN3O. The first-order valence-electron chi connectivity index (χ1n) is 6.64. The Kier molecular flexibility index (Phi) is 3.15. The zero-order valence-electron chi connectivity index (χ0n) is 10.9. The fourth-order valence-corrected chi connectivity index (χ4v) is 3.66. The molecule has 0 aliphatic carbocycles. The van der Waals surface area contributed by atoms with Crippen LogP contribution in [0.1, 0.15) is 17.3 Å². The fourth-order valence-electron chi connectivity index (χ4n) is 3.39. The number of nitrogens with zero attached hydrogens (tertiary/aromatic N) is 1. The average Bonchev–Trinajstić information content (AvgIpc) is 2.92. The lowest BCUT2D eigenvalue weighted by molar-refractivity contribution is 0.100. The molecule has 3 unspecified atom stereocenters. The van der Waals surface area contributed by atoms with E-state index >= 15 is 0 Å². The number of nitrogens with two attached hydrogens (primary N) is 1. The maximum Gasteiger partial charge on any atom is 0.250 e. The van der Waals surface area contributed by atoms with Gasteiger partial charge in [-0.1, -0.05) is 11.6 Å². The summed E-state index contributed by atoms with van der Waals surface area (Å²) < 4.78 is 0. The molecule has 3 N–H and O–H groups in total. The van der Waals surface area contributed by atoms with E-state index < -0.39 is 5.91 Å². The minimum Gasteiger partial charge on any atom is -0.368 e. The van der Waals surface area contributed by atoms with Gasteiger partial charge < -0.3 is 16.0 Å². The van der Waals surface area contributed by atoms with Crippen molar-refractivity contribution >= 4 is 23.2 Å². The maximum atomic E-state index is 11.2. The van der Waals surface area contributed by atoms with Gasteiger partial charge in [-0.05, 0) is 37.0 Å². The van der Waals surface area contributed by atoms with Crippen LogP contribution < -0.4 is 16.0 Å². The van der Waals surface area contributed by atoms with Crippen LogP contribution in [0.2, 0.25) is 5.02 Å². The molecule has 0 aromatic heterocycles. The lowest BCUT2D eigenvalue weighted by Crippen LogP contribution is -2.33. The molecule has 5 heteroatoms. The number of hydrogen-bond acceptors (Lipinski definition) is 3. The summed E-state index contributed by atoms with van der Waals surface area (Å²) in [5.41, 5.74) is 6.74. The zero-order valence-corrected chi connectivity index (χ0v) is 11.7. The number of benzene rings is 1. The zero-order chi connectivity index (χ0) is 13.6. The normalized spacial score (nSPS) is 29.6. The van der Waals surface area contributed by atoms with Gasteiger partial charge in [0, 0.05) is 31.4 Å². The molecule has 2 aliphatic rings. The van der Waals surface area contributed by atoms with Crippen LogP contribution in [0.15, 0.2) is 18.2 Å². The van der Waals surface area contributed by atoms with Gasteiger partial charge in [-0.15, -0.1) is 0 Å². The molecule has 2 heterocycles. The Morgan fingerprint density at radius 2 is 2.26 bits per heavy atom. The van der Waals surface area contributed by atoms with Crippen LogP contribution in [0, 0.1) is 11.8 Å². The van der Waals surface area contributed by atoms with Gasteiger partial charge in [0.25, 0.3) is 0 Å². The van der Waals surface area contributed by atoms with E-state index in [1.54, 1.807) is 6.07 Å². The van der Waals surface area contributed by atoms with Crippen molar-refractivity contribution in [1.82, 2.24) is 5.32 Å². The smallest absolute Gasteiger partial charge is 0.250 e. The molecule has 4 nitrogen and oxygen atoms in total. The van der Waals surface area contributed by atoms with Crippen LogP contribution in [0.4, 0.5) is 5.69 Å². The third-order valence-corrected chi connectivity index (χ3v) is 4.80. The Balaban J connectivity index is 1.87. The van der Waals surface area contributed by atoms with E-state index in [4.69, 9.17) is 17.3 Å². The maximum absolute atomic E-state index is 11.2. The van der Waals surface area contributed by atoms with Crippen molar-refractivity contribution in [2.75, 3.05) is 24.5 Å². The van der Waals surface area contributed by atoms with E-state index in [1.165, 1.54) is 0 Å². The highest BCUT2D eigenvalue weighted by Crippen LogP contribution is 2.36. The molecule has 0 saturated carbocycles. The second-order valence-electron chi connectivity index (χ2n) is 5.50. The quantitative estimate of drug-likeness (QED) is 0.862. The van der Waals surface area contributed by atoms with Crippen molar-refractivity contribution < 1.29 is 4.79 Å². The summed E-state index contributed by atoms with van der Waals surface area (Å²) in [5.74, 6) is 0.936. The van der Waals surface area contributed by atoms with E-state index in [9.17, 15) is 4.79 Å². The number of nitrogens with one attached hydrogen (secondary N) is 1. The predicted octanol–water partition coefficient (Wildman–Crippen LogP) is 1.48. The Hall–Kier alpha value is -1.26. The number of carbonyl (C=O) groups excluding carboxylic acids is 1. The van der Waals surface area contributed by atoms with Crippen LogP contribution in [-0.4, -0.2) is 31.6 Å². The molecule has 1 amide bonds. The first-order chi connectivity index (χ1) is 9.08. The van der Waals surface area contributed by atoms with Gasteiger partial charge in [-0.25, -0.2) is 0 Å². The number of carbonyl (C=O) groups is 1. The molecule has 0 bridgehead atoms. The summed E-state index contributed by atoms with van der Waals surface area (Å²) in [6, 6.07) is 6.01. The van der Waals surface area contributed by atoms with Gasteiger partial charge in [0.15, 0.2) is 0 Å². The Morgan fingerprint density at radius 3 is 2.89 bits per heavy atom. The number of anilines is 1. The first-order valence-corrected chi connectivity index (χ1v) is 7.02. The Morgan fingerprint density at radius 1 is 1.47 bits per heavy atom. The number of halogens is 1. The molecule has 1 aromatic carbocycles. The molecule has 3 rings (SSSR count). The molecule has 2 saturated heterocycles. The predicted molar refractivity (Wildman–Crippen MR) is 76.6 cm³/mol. The van der Waals surface area contributed by atoms with Crippen molar-refractivity contribution in [1.29, 1.82) is 0 Å². The summed E-state index contributed by atoms with van der Waals surface area (Å²) >= 11 is 6.13. The van der Waals surface area contributed by atoms with Crippen molar-refractivity contribution in [3.8, 4) is 0 Å². The molecule has 19 heavy (non-hydrogen) atoms. The number of primary amides is 1. The van der Waals surface area contributed by atoms with Gasteiger partial charge in [-0.2, -0.15) is 0 Å². The molecule has 0 radical (unpaired) electrons. The van der Waals surface area contributed by atoms with Crippen molar-refractivity contribution in [2.45, 2.75) is 13.0 Å². The number of rotatable bonds is 2. The van der Waals surface area contributed by atoms with E-state index in [0.717, 1.165) is 25.3 Å². The Bertz CT molecular complexity index is 519. The lowest BCUT2D eigenvalue weighted by Gasteiger charge is -2.27. The van der Waals surface area contributed by atoms with Crippen molar-refractivity contribution in [3.05, 3.63) is 28.8 Å². The van der Waals surface area contributed by atoms with Crippen LogP contribution in [0.5, 0.6) is 0 Å². The highest BCUT2D eigenvalue weighted by atomic mass is 35.5. The lowest BCUT2D eigenvalue weighted by atomic mass is 9.95. The number of fused-ring (bicyclic) bond motifs is 1. The highest BCUT2D eigenvalue weighted by molar-refractivity contribution is 6.34. The van der Waals surface area contributed by atoms with E-state index in [-0.39, 0.29) is 0 Å². The molecule has 0 spiro atoms. The number of amides is 1. The summed E-state index contributed by atoms with van der Waals surface area (Å²) in [5, 5.41) is 3.89. The van der Waals surface area contributed by atoms with Gasteiger partial charge in [0.05, 0.1) is 10.6 Å². The van der Waals surface area contributed by atoms with E-state index in [0.29, 0.717) is 28.5 Å². The monoisotopic (exact) mass is 279 g/mol. The average molecular weight is 280 g/mol. The van der Waals surface area contributed by atoms with Crippen LogP contribution in [0.25, 0.3) is 0 Å². The Labute approximate surface area is 117 Å². The second kappa shape index (κ2) is 4.69. The van der Waals surface area contributed by atoms with Crippen molar-refractivity contribution in [2.24, 2.45) is 17.6 Å². The highest BCUT2D eigenvalue weighted by Gasteiger charge is 2.41. The summed E-state index contributed by atoms with van der Waals surface area (Å²) in [6.07, 6.45) is 0. The minimum absolute atomic E-state index is 0.388. The van der Waals surface area contributed by atoms with Gasteiger partial charge in [0.2, 0.25) is 5.91 Å². The topological polar surface area (TPSA) is 58.4 Å². The fraction of sp³-hybridized carbons (Fsp3) is 0.500. The molecule has 3 atom stereocenters. The minimum atomic E-state index is -0.480. The summed E-state index contributed by atoms with van der Waals surface area (Å²) in [4.78, 5) is 13.6. The molecule has 2 fully saturated rings. The van der Waals surface area contributed by atoms with Gasteiger partial charge >= 0.3 is 0 Å². The third-order valence-electron chi connectivity index (χ3n) is 4.48. The summed E-state index contributed by atoms with van der Waals surface area (Å²) in [6.45, 7) is 5.49. The largest absolute Gasteiger partial charge is 0.368 e. The third kappa shape index (κ3) is 2.09.